The molecule has 0 radical (unpaired) electrons. The van der Waals surface area contributed by atoms with Crippen molar-refractivity contribution in [2.45, 2.75) is 19.5 Å². The topological polar surface area (TPSA) is 75.4 Å². The van der Waals surface area contributed by atoms with Crippen LogP contribution in [0.1, 0.15) is 13.8 Å². The monoisotopic (exact) mass is 171 g/mol. The van der Waals surface area contributed by atoms with Crippen molar-refractivity contribution in [3.05, 3.63) is 0 Å². The number of hydrogen-bond donors (Lipinski definition) is 2. The zero-order valence-corrected chi connectivity index (χ0v) is 7.26. The zero-order valence-electron chi connectivity index (χ0n) is 7.26. The van der Waals surface area contributed by atoms with Gasteiger partial charge >= 0.3 is 0 Å². The van der Waals surface area contributed by atoms with Gasteiger partial charge in [0.05, 0.1) is 6.54 Å². The molecule has 0 bridgehead atoms. The largest absolute Gasteiger partial charge is 0.332 e. The second-order valence-corrected chi connectivity index (χ2v) is 3.29. The Balaban J connectivity index is 2.78. The number of carbonyl (C=O) groups excluding carboxylic acids is 2. The van der Waals surface area contributed by atoms with E-state index in [-0.39, 0.29) is 24.9 Å². The molecule has 1 aliphatic rings. The van der Waals surface area contributed by atoms with Gasteiger partial charge in [0.1, 0.15) is 12.2 Å². The fraction of sp³-hybridized carbons (Fsp3) is 0.714. The zero-order chi connectivity index (χ0) is 9.35. The van der Waals surface area contributed by atoms with Gasteiger partial charge in [-0.15, -0.1) is 0 Å². The molecule has 0 aromatic rings. The third-order valence-corrected chi connectivity index (χ3v) is 1.90. The molecule has 1 heterocycles. The lowest BCUT2D eigenvalue weighted by Crippen LogP contribution is -2.50. The molecule has 0 aliphatic carbocycles. The molecule has 0 spiro atoms. The summed E-state index contributed by atoms with van der Waals surface area (Å²) in [5.41, 5.74) is 4.60. The van der Waals surface area contributed by atoms with Crippen LogP contribution in [-0.2, 0) is 9.59 Å². The van der Waals surface area contributed by atoms with Crippen molar-refractivity contribution >= 4 is 11.8 Å². The summed E-state index contributed by atoms with van der Waals surface area (Å²) >= 11 is 0. The highest BCUT2D eigenvalue weighted by molar-refractivity contribution is 5.89. The lowest BCUT2D eigenvalue weighted by Gasteiger charge is -2.29. The van der Waals surface area contributed by atoms with Crippen LogP contribution in [0.2, 0.25) is 0 Å². The van der Waals surface area contributed by atoms with E-state index < -0.39 is 5.66 Å². The Hall–Kier alpha value is -1.10. The molecule has 0 saturated carbocycles. The van der Waals surface area contributed by atoms with Gasteiger partial charge in [-0.05, 0) is 13.8 Å². The Kier molecular flexibility index (Phi) is 2.06. The van der Waals surface area contributed by atoms with Crippen molar-refractivity contribution in [3.8, 4) is 0 Å². The van der Waals surface area contributed by atoms with E-state index in [0.29, 0.717) is 0 Å². The van der Waals surface area contributed by atoms with Crippen LogP contribution in [0.15, 0.2) is 0 Å². The first-order valence-corrected chi connectivity index (χ1v) is 3.79. The Morgan fingerprint density at radius 2 is 2.33 bits per heavy atom. The van der Waals surface area contributed by atoms with Crippen molar-refractivity contribution in [1.29, 1.82) is 0 Å². The highest BCUT2D eigenvalue weighted by Gasteiger charge is 2.38. The van der Waals surface area contributed by atoms with Crippen LogP contribution in [0, 0.1) is 0 Å². The van der Waals surface area contributed by atoms with Crippen molar-refractivity contribution in [1.82, 2.24) is 10.2 Å². The molecule has 1 fully saturated rings. The quantitative estimate of drug-likeness (QED) is 0.511. The molecule has 2 amide bonds. The number of nitrogens with two attached hydrogens (primary N) is 1. The molecule has 1 aliphatic heterocycles. The van der Waals surface area contributed by atoms with E-state index in [2.05, 4.69) is 5.32 Å². The second-order valence-electron chi connectivity index (χ2n) is 3.29. The minimum Gasteiger partial charge on any atom is -0.332 e. The predicted molar refractivity (Wildman–Crippen MR) is 43.0 cm³/mol. The third-order valence-electron chi connectivity index (χ3n) is 1.90. The molecule has 0 unspecified atom stereocenters. The van der Waals surface area contributed by atoms with Gasteiger partial charge in [-0.3, -0.25) is 9.59 Å². The third kappa shape index (κ3) is 1.40. The van der Waals surface area contributed by atoms with Crippen LogP contribution in [0.3, 0.4) is 0 Å². The molecule has 1 saturated heterocycles. The van der Waals surface area contributed by atoms with Gasteiger partial charge in [0.2, 0.25) is 11.8 Å². The summed E-state index contributed by atoms with van der Waals surface area (Å²) in [7, 11) is 0. The maximum absolute atomic E-state index is 11.2. The van der Waals surface area contributed by atoms with Crippen LogP contribution >= 0.6 is 0 Å². The summed E-state index contributed by atoms with van der Waals surface area (Å²) in [6.07, 6.45) is 0. The molecule has 12 heavy (non-hydrogen) atoms. The lowest BCUT2D eigenvalue weighted by molar-refractivity contribution is -0.133. The Morgan fingerprint density at radius 3 is 2.67 bits per heavy atom. The van der Waals surface area contributed by atoms with Crippen molar-refractivity contribution in [2.75, 3.05) is 13.1 Å². The smallest absolute Gasteiger partial charge is 0.241 e. The van der Waals surface area contributed by atoms with E-state index in [0.717, 1.165) is 0 Å². The minimum absolute atomic E-state index is 0.0572. The maximum atomic E-state index is 11.2. The summed E-state index contributed by atoms with van der Waals surface area (Å²) in [5, 5.41) is 2.67. The van der Waals surface area contributed by atoms with Crippen molar-refractivity contribution < 1.29 is 9.59 Å². The van der Waals surface area contributed by atoms with Gasteiger partial charge in [-0.2, -0.15) is 0 Å². The molecule has 5 heteroatoms. The Labute approximate surface area is 70.9 Å². The summed E-state index contributed by atoms with van der Waals surface area (Å²) in [6.45, 7) is 3.60. The van der Waals surface area contributed by atoms with E-state index in [1.807, 2.05) is 0 Å². The van der Waals surface area contributed by atoms with Crippen LogP contribution in [0.4, 0.5) is 0 Å². The first kappa shape index (κ1) is 8.99. The van der Waals surface area contributed by atoms with Gasteiger partial charge < -0.3 is 16.0 Å². The predicted octanol–water partition coefficient (Wildman–Crippen LogP) is -1.36. The highest BCUT2D eigenvalue weighted by atomic mass is 16.2. The lowest BCUT2D eigenvalue weighted by atomic mass is 10.2. The van der Waals surface area contributed by atoms with Gasteiger partial charge in [-0.25, -0.2) is 0 Å². The Morgan fingerprint density at radius 1 is 1.75 bits per heavy atom. The van der Waals surface area contributed by atoms with Crippen LogP contribution in [-0.4, -0.2) is 35.5 Å². The standard InChI is InChI=1S/C7H13N3O2/c1-7(2)9-5(11)4-10(7)6(12)3-8/h3-4,8H2,1-2H3,(H,9,11). The van der Waals surface area contributed by atoms with Crippen LogP contribution in [0.25, 0.3) is 0 Å². The number of amides is 2. The van der Waals surface area contributed by atoms with E-state index in [4.69, 9.17) is 5.73 Å². The fourth-order valence-corrected chi connectivity index (χ4v) is 1.30. The number of nitrogens with zero attached hydrogens (tertiary/aromatic N) is 1. The molecule has 0 aromatic heterocycles. The summed E-state index contributed by atoms with van der Waals surface area (Å²) < 4.78 is 0. The van der Waals surface area contributed by atoms with Gasteiger partial charge in [0, 0.05) is 0 Å². The SMILES string of the molecule is CC1(C)NC(=O)CN1C(=O)CN. The van der Waals surface area contributed by atoms with Crippen LogP contribution < -0.4 is 11.1 Å². The molecule has 0 atom stereocenters. The number of nitrogens with one attached hydrogen (secondary N) is 1. The van der Waals surface area contributed by atoms with Gasteiger partial charge in [0.25, 0.3) is 0 Å². The summed E-state index contributed by atoms with van der Waals surface area (Å²) in [6, 6.07) is 0. The molecule has 0 aromatic carbocycles. The molecule has 5 nitrogen and oxygen atoms in total. The first-order valence-electron chi connectivity index (χ1n) is 3.79. The number of rotatable bonds is 1. The van der Waals surface area contributed by atoms with Crippen molar-refractivity contribution in [3.63, 3.8) is 0 Å². The van der Waals surface area contributed by atoms with E-state index >= 15 is 0 Å². The van der Waals surface area contributed by atoms with Crippen molar-refractivity contribution in [2.24, 2.45) is 5.73 Å². The van der Waals surface area contributed by atoms with E-state index in [9.17, 15) is 9.59 Å². The summed E-state index contributed by atoms with van der Waals surface area (Å²) in [4.78, 5) is 23.6. The number of carbonyl (C=O) groups is 2. The van der Waals surface area contributed by atoms with Gasteiger partial charge in [-0.1, -0.05) is 0 Å². The van der Waals surface area contributed by atoms with Gasteiger partial charge in [0.15, 0.2) is 0 Å². The first-order chi connectivity index (χ1) is 5.47. The second kappa shape index (κ2) is 2.75. The number of hydrogen-bond acceptors (Lipinski definition) is 3. The molecule has 68 valence electrons. The average molecular weight is 171 g/mol. The van der Waals surface area contributed by atoms with E-state index in [1.165, 1.54) is 4.90 Å². The molecule has 1 rings (SSSR count). The normalized spacial score (nSPS) is 20.9. The minimum atomic E-state index is -0.590. The molecule has 3 N–H and O–H groups in total. The maximum Gasteiger partial charge on any atom is 0.241 e. The molecular weight excluding hydrogens is 158 g/mol. The average Bonchev–Trinajstić information content (AvgIpc) is 2.23. The Bertz CT molecular complexity index is 225. The fourth-order valence-electron chi connectivity index (χ4n) is 1.30. The highest BCUT2D eigenvalue weighted by Crippen LogP contribution is 2.15. The molecular formula is C7H13N3O2. The summed E-state index contributed by atoms with van der Waals surface area (Å²) in [5.74, 6) is -0.347. The van der Waals surface area contributed by atoms with E-state index in [1.54, 1.807) is 13.8 Å². The van der Waals surface area contributed by atoms with Crippen LogP contribution in [0.5, 0.6) is 0 Å².